The molecule has 0 saturated carbocycles. The second kappa shape index (κ2) is 10.7. The Morgan fingerprint density at radius 2 is 1.28 bits per heavy atom. The minimum atomic E-state index is -0.237. The molecular formula is C26H25NO5. The maximum absolute atomic E-state index is 12.1. The third kappa shape index (κ3) is 5.92. The van der Waals surface area contributed by atoms with Gasteiger partial charge < -0.3 is 24.6 Å². The van der Waals surface area contributed by atoms with Crippen LogP contribution in [0.2, 0.25) is 0 Å². The average Bonchev–Trinajstić information content (AvgIpc) is 2.82. The number of phenols is 1. The normalized spacial score (nSPS) is 11.0. The van der Waals surface area contributed by atoms with E-state index in [0.717, 1.165) is 16.7 Å². The van der Waals surface area contributed by atoms with Crippen LogP contribution in [0, 0.1) is 0 Å². The Balaban J connectivity index is 1.65. The van der Waals surface area contributed by atoms with Gasteiger partial charge in [-0.15, -0.1) is 0 Å². The lowest BCUT2D eigenvalue weighted by Gasteiger charge is -2.12. The molecule has 3 rings (SSSR count). The summed E-state index contributed by atoms with van der Waals surface area (Å²) in [5.74, 6) is 1.67. The van der Waals surface area contributed by atoms with Crippen molar-refractivity contribution in [1.82, 2.24) is 0 Å². The molecule has 164 valence electrons. The maximum atomic E-state index is 12.1. The summed E-state index contributed by atoms with van der Waals surface area (Å²) >= 11 is 0. The van der Waals surface area contributed by atoms with Crippen molar-refractivity contribution in [1.29, 1.82) is 0 Å². The van der Waals surface area contributed by atoms with Crippen molar-refractivity contribution in [3.05, 3.63) is 83.4 Å². The van der Waals surface area contributed by atoms with Crippen LogP contribution in [0.1, 0.15) is 16.7 Å². The van der Waals surface area contributed by atoms with Gasteiger partial charge in [-0.25, -0.2) is 0 Å². The molecule has 3 aromatic rings. The average molecular weight is 431 g/mol. The Hall–Kier alpha value is -4.19. The summed E-state index contributed by atoms with van der Waals surface area (Å²) in [7, 11) is 4.73. The molecule has 32 heavy (non-hydrogen) atoms. The molecule has 0 heterocycles. The predicted octanol–water partition coefficient (Wildman–Crippen LogP) is 5.24. The van der Waals surface area contributed by atoms with Crippen molar-refractivity contribution in [2.45, 2.75) is 0 Å². The molecule has 6 nitrogen and oxygen atoms in total. The summed E-state index contributed by atoms with van der Waals surface area (Å²) in [6.07, 6.45) is 7.03. The number of carbonyl (C=O) groups is 1. The lowest BCUT2D eigenvalue weighted by Crippen LogP contribution is -2.07. The molecule has 0 unspecified atom stereocenters. The van der Waals surface area contributed by atoms with Gasteiger partial charge in [0.1, 0.15) is 5.75 Å². The Labute approximate surface area is 187 Å². The number of rotatable bonds is 8. The van der Waals surface area contributed by atoms with Gasteiger partial charge in [-0.2, -0.15) is 0 Å². The van der Waals surface area contributed by atoms with Crippen LogP contribution in [-0.2, 0) is 4.79 Å². The van der Waals surface area contributed by atoms with Gasteiger partial charge in [-0.05, 0) is 59.2 Å². The van der Waals surface area contributed by atoms with Gasteiger partial charge in [0.15, 0.2) is 11.5 Å². The van der Waals surface area contributed by atoms with Crippen molar-refractivity contribution in [3.63, 3.8) is 0 Å². The number of anilines is 1. The van der Waals surface area contributed by atoms with Gasteiger partial charge in [0, 0.05) is 11.8 Å². The fraction of sp³-hybridized carbons (Fsp3) is 0.115. The van der Waals surface area contributed by atoms with Crippen LogP contribution in [0.3, 0.4) is 0 Å². The van der Waals surface area contributed by atoms with Crippen LogP contribution in [-0.4, -0.2) is 32.3 Å². The van der Waals surface area contributed by atoms with Crippen molar-refractivity contribution in [3.8, 4) is 23.0 Å². The molecule has 0 fully saturated rings. The van der Waals surface area contributed by atoms with E-state index in [2.05, 4.69) is 5.32 Å². The van der Waals surface area contributed by atoms with Crippen molar-refractivity contribution in [2.75, 3.05) is 26.6 Å². The van der Waals surface area contributed by atoms with Gasteiger partial charge >= 0.3 is 0 Å². The van der Waals surface area contributed by atoms with E-state index in [1.807, 2.05) is 48.6 Å². The zero-order chi connectivity index (χ0) is 22.9. The first kappa shape index (κ1) is 22.5. The number of methoxy groups -OCH3 is 3. The smallest absolute Gasteiger partial charge is 0.248 e. The van der Waals surface area contributed by atoms with Crippen molar-refractivity contribution >= 4 is 29.8 Å². The minimum absolute atomic E-state index is 0.186. The lowest BCUT2D eigenvalue weighted by atomic mass is 10.1. The Kier molecular flexibility index (Phi) is 7.54. The zero-order valence-electron chi connectivity index (χ0n) is 18.2. The highest BCUT2D eigenvalue weighted by atomic mass is 16.5. The molecular weight excluding hydrogens is 406 g/mol. The highest BCUT2D eigenvalue weighted by Gasteiger charge is 2.11. The second-order valence-electron chi connectivity index (χ2n) is 6.83. The summed E-state index contributed by atoms with van der Waals surface area (Å²) in [5, 5.41) is 12.1. The third-order valence-electron chi connectivity index (χ3n) is 4.65. The van der Waals surface area contributed by atoms with E-state index >= 15 is 0 Å². The number of ether oxygens (including phenoxy) is 3. The number of hydrogen-bond acceptors (Lipinski definition) is 5. The lowest BCUT2D eigenvalue weighted by molar-refractivity contribution is -0.111. The summed E-state index contributed by atoms with van der Waals surface area (Å²) < 4.78 is 16.1. The fourth-order valence-corrected chi connectivity index (χ4v) is 3.01. The first-order valence-corrected chi connectivity index (χ1v) is 9.88. The Morgan fingerprint density at radius 3 is 1.84 bits per heavy atom. The molecule has 0 spiro atoms. The first-order chi connectivity index (χ1) is 15.5. The largest absolute Gasteiger partial charge is 0.508 e. The maximum Gasteiger partial charge on any atom is 0.248 e. The van der Waals surface area contributed by atoms with E-state index in [0.29, 0.717) is 22.9 Å². The SMILES string of the molecule is COc1cc(C=Cc2ccc(NC(=O)/C=C/c3ccc(O)cc3)cc2)cc(OC)c1OC. The molecule has 0 atom stereocenters. The van der Waals surface area contributed by atoms with Gasteiger partial charge in [-0.3, -0.25) is 4.79 Å². The minimum Gasteiger partial charge on any atom is -0.508 e. The van der Waals surface area contributed by atoms with E-state index in [9.17, 15) is 9.90 Å². The van der Waals surface area contributed by atoms with Crippen molar-refractivity contribution < 1.29 is 24.1 Å². The topological polar surface area (TPSA) is 77.0 Å². The summed E-state index contributed by atoms with van der Waals surface area (Å²) in [6, 6.07) is 17.8. The van der Waals surface area contributed by atoms with Gasteiger partial charge in [0.25, 0.3) is 0 Å². The van der Waals surface area contributed by atoms with Crippen LogP contribution >= 0.6 is 0 Å². The predicted molar refractivity (Wildman–Crippen MR) is 127 cm³/mol. The van der Waals surface area contributed by atoms with E-state index in [1.165, 1.54) is 6.08 Å². The third-order valence-corrected chi connectivity index (χ3v) is 4.65. The summed E-state index contributed by atoms with van der Waals surface area (Å²) in [6.45, 7) is 0. The zero-order valence-corrected chi connectivity index (χ0v) is 18.2. The number of carbonyl (C=O) groups excluding carboxylic acids is 1. The molecule has 0 radical (unpaired) electrons. The molecule has 0 aromatic heterocycles. The Morgan fingerprint density at radius 1 is 0.750 bits per heavy atom. The molecule has 0 aliphatic rings. The van der Waals surface area contributed by atoms with Crippen LogP contribution in [0.15, 0.2) is 66.7 Å². The molecule has 3 aromatic carbocycles. The highest BCUT2D eigenvalue weighted by Crippen LogP contribution is 2.38. The van der Waals surface area contributed by atoms with E-state index < -0.39 is 0 Å². The van der Waals surface area contributed by atoms with Gasteiger partial charge in [0.2, 0.25) is 11.7 Å². The summed E-state index contributed by atoms with van der Waals surface area (Å²) in [4.78, 5) is 12.1. The van der Waals surface area contributed by atoms with Crippen molar-refractivity contribution in [2.24, 2.45) is 0 Å². The first-order valence-electron chi connectivity index (χ1n) is 9.88. The number of benzene rings is 3. The molecule has 0 aliphatic heterocycles. The number of amides is 1. The van der Waals surface area contributed by atoms with Crippen LogP contribution in [0.25, 0.3) is 18.2 Å². The highest BCUT2D eigenvalue weighted by molar-refractivity contribution is 6.02. The van der Waals surface area contributed by atoms with E-state index in [4.69, 9.17) is 14.2 Å². The number of phenolic OH excluding ortho intramolecular Hbond substituents is 1. The quantitative estimate of drug-likeness (QED) is 0.377. The van der Waals surface area contributed by atoms with Gasteiger partial charge in [0.05, 0.1) is 21.3 Å². The molecule has 0 bridgehead atoms. The van der Waals surface area contributed by atoms with E-state index in [1.54, 1.807) is 51.7 Å². The van der Waals surface area contributed by atoms with Gasteiger partial charge in [-0.1, -0.05) is 36.4 Å². The number of hydrogen-bond donors (Lipinski definition) is 2. The van der Waals surface area contributed by atoms with Crippen LogP contribution < -0.4 is 19.5 Å². The fourth-order valence-electron chi connectivity index (χ4n) is 3.01. The van der Waals surface area contributed by atoms with Crippen LogP contribution in [0.5, 0.6) is 23.0 Å². The number of aromatic hydroxyl groups is 1. The van der Waals surface area contributed by atoms with E-state index in [-0.39, 0.29) is 11.7 Å². The monoisotopic (exact) mass is 431 g/mol. The molecule has 0 saturated heterocycles. The molecule has 1 amide bonds. The number of nitrogens with one attached hydrogen (secondary N) is 1. The summed E-state index contributed by atoms with van der Waals surface area (Å²) in [5.41, 5.74) is 3.38. The Bertz CT molecular complexity index is 1090. The second-order valence-corrected chi connectivity index (χ2v) is 6.83. The molecule has 2 N–H and O–H groups in total. The molecule has 0 aliphatic carbocycles. The van der Waals surface area contributed by atoms with Crippen LogP contribution in [0.4, 0.5) is 5.69 Å². The molecule has 6 heteroatoms. The standard InChI is InChI=1S/C26H25NO5/c1-30-23-16-20(17-24(31-2)26(23)32-3)5-4-18-6-11-21(12-7-18)27-25(29)15-10-19-8-13-22(28)14-9-19/h4-17,28H,1-3H3,(H,27,29)/b5-4?,15-10+.